The number of rotatable bonds is 7. The molecule has 1 saturated heterocycles. The maximum atomic E-state index is 11.9. The van der Waals surface area contributed by atoms with Crippen LogP contribution in [0.1, 0.15) is 43.1 Å². The van der Waals surface area contributed by atoms with E-state index in [0.717, 1.165) is 38.8 Å². The first-order valence-corrected chi connectivity index (χ1v) is 7.27. The molecule has 1 aromatic heterocycles. The van der Waals surface area contributed by atoms with Gasteiger partial charge in [-0.15, -0.1) is 10.2 Å². The summed E-state index contributed by atoms with van der Waals surface area (Å²) in [6.45, 7) is 4.33. The molecule has 2 N–H and O–H groups in total. The monoisotopic (exact) mass is 278 g/mol. The molecule has 0 radical (unpaired) electrons. The van der Waals surface area contributed by atoms with Gasteiger partial charge in [0.15, 0.2) is 5.69 Å². The summed E-state index contributed by atoms with van der Waals surface area (Å²) in [4.78, 5) is 11.9. The normalized spacial score (nSPS) is 17.9. The molecule has 1 atom stereocenters. The highest BCUT2D eigenvalue weighted by Crippen LogP contribution is 2.10. The second kappa shape index (κ2) is 7.79. The lowest BCUT2D eigenvalue weighted by Gasteiger charge is -2.10. The molecule has 2 heterocycles. The average molecular weight is 278 g/mol. The van der Waals surface area contributed by atoms with Gasteiger partial charge in [-0.1, -0.05) is 13.3 Å². The largest absolute Gasteiger partial charge is 0.376 e. The van der Waals surface area contributed by atoms with E-state index in [1.165, 1.54) is 0 Å². The first-order chi connectivity index (χ1) is 9.79. The van der Waals surface area contributed by atoms with Gasteiger partial charge in [-0.05, 0) is 31.4 Å². The van der Waals surface area contributed by atoms with E-state index in [2.05, 4.69) is 27.8 Å². The Morgan fingerprint density at radius 2 is 2.35 bits per heavy atom. The fraction of sp³-hybridized carbons (Fsp3) is 0.643. The fourth-order valence-corrected chi connectivity index (χ4v) is 2.04. The number of hydrogen-bond donors (Lipinski definition) is 2. The van der Waals surface area contributed by atoms with Crippen molar-refractivity contribution in [1.82, 2.24) is 15.5 Å². The number of nitrogens with zero attached hydrogens (tertiary/aromatic N) is 2. The molecular formula is C14H22N4O2. The van der Waals surface area contributed by atoms with Gasteiger partial charge in [-0.2, -0.15) is 0 Å². The molecule has 2 rings (SSSR count). The number of carbonyl (C=O) groups is 1. The lowest BCUT2D eigenvalue weighted by Crippen LogP contribution is -2.32. The maximum absolute atomic E-state index is 11.9. The van der Waals surface area contributed by atoms with Crippen molar-refractivity contribution in [2.45, 2.75) is 38.7 Å². The summed E-state index contributed by atoms with van der Waals surface area (Å²) in [5.74, 6) is 0.502. The van der Waals surface area contributed by atoms with Gasteiger partial charge in [0, 0.05) is 19.7 Å². The van der Waals surface area contributed by atoms with Gasteiger partial charge in [0.1, 0.15) is 5.82 Å². The van der Waals surface area contributed by atoms with E-state index in [4.69, 9.17) is 4.74 Å². The van der Waals surface area contributed by atoms with Crippen molar-refractivity contribution in [2.75, 3.05) is 25.0 Å². The predicted molar refractivity (Wildman–Crippen MR) is 76.7 cm³/mol. The number of nitrogens with one attached hydrogen (secondary N) is 2. The zero-order valence-electron chi connectivity index (χ0n) is 11.9. The highest BCUT2D eigenvalue weighted by Gasteiger charge is 2.17. The summed E-state index contributed by atoms with van der Waals surface area (Å²) in [6, 6.07) is 3.47. The third-order valence-corrected chi connectivity index (χ3v) is 3.25. The summed E-state index contributed by atoms with van der Waals surface area (Å²) >= 11 is 0. The topological polar surface area (TPSA) is 76.1 Å². The smallest absolute Gasteiger partial charge is 0.271 e. The van der Waals surface area contributed by atoms with Gasteiger partial charge >= 0.3 is 0 Å². The molecule has 6 nitrogen and oxygen atoms in total. The van der Waals surface area contributed by atoms with Crippen LogP contribution in [0.2, 0.25) is 0 Å². The lowest BCUT2D eigenvalue weighted by molar-refractivity contribution is 0.0853. The second-order valence-corrected chi connectivity index (χ2v) is 4.93. The van der Waals surface area contributed by atoms with Gasteiger partial charge in [-0.3, -0.25) is 4.79 Å². The van der Waals surface area contributed by atoms with Crippen molar-refractivity contribution in [1.29, 1.82) is 0 Å². The minimum Gasteiger partial charge on any atom is -0.376 e. The second-order valence-electron chi connectivity index (χ2n) is 4.93. The van der Waals surface area contributed by atoms with E-state index in [1.807, 2.05) is 0 Å². The molecule has 20 heavy (non-hydrogen) atoms. The standard InChI is InChI=1S/C14H22N4O2/c1-2-3-8-15-13-7-6-12(17-18-13)14(19)16-10-11-5-4-9-20-11/h6-7,11H,2-5,8-10H2,1H3,(H,15,18)(H,16,19). The van der Waals surface area contributed by atoms with Crippen molar-refractivity contribution in [2.24, 2.45) is 0 Å². The number of anilines is 1. The van der Waals surface area contributed by atoms with Crippen LogP contribution >= 0.6 is 0 Å². The molecule has 0 spiro atoms. The van der Waals surface area contributed by atoms with Gasteiger partial charge in [0.05, 0.1) is 6.10 Å². The Hall–Kier alpha value is -1.69. The Morgan fingerprint density at radius 3 is 3.00 bits per heavy atom. The molecule has 1 aromatic rings. The molecule has 0 aliphatic carbocycles. The predicted octanol–water partition coefficient (Wildman–Crippen LogP) is 1.60. The van der Waals surface area contributed by atoms with Crippen LogP contribution in [0.15, 0.2) is 12.1 Å². The number of aromatic nitrogens is 2. The minimum atomic E-state index is -0.201. The SMILES string of the molecule is CCCCNc1ccc(C(=O)NCC2CCCO2)nn1. The molecule has 1 aliphatic rings. The van der Waals surface area contributed by atoms with E-state index in [0.29, 0.717) is 18.1 Å². The Balaban J connectivity index is 1.77. The van der Waals surface area contributed by atoms with Crippen LogP contribution in [0, 0.1) is 0 Å². The number of ether oxygens (including phenoxy) is 1. The molecule has 6 heteroatoms. The van der Waals surface area contributed by atoms with Crippen LogP contribution in [-0.4, -0.2) is 41.9 Å². The van der Waals surface area contributed by atoms with Crippen molar-refractivity contribution < 1.29 is 9.53 Å². The van der Waals surface area contributed by atoms with Crippen molar-refractivity contribution in [3.63, 3.8) is 0 Å². The minimum absolute atomic E-state index is 0.141. The summed E-state index contributed by atoms with van der Waals surface area (Å²) < 4.78 is 5.45. The Labute approximate surface area is 119 Å². The Morgan fingerprint density at radius 1 is 1.45 bits per heavy atom. The number of unbranched alkanes of at least 4 members (excludes halogenated alkanes) is 1. The fourth-order valence-electron chi connectivity index (χ4n) is 2.04. The zero-order valence-corrected chi connectivity index (χ0v) is 11.9. The zero-order chi connectivity index (χ0) is 14.2. The molecular weight excluding hydrogens is 256 g/mol. The first-order valence-electron chi connectivity index (χ1n) is 7.27. The summed E-state index contributed by atoms with van der Waals surface area (Å²) in [7, 11) is 0. The van der Waals surface area contributed by atoms with Crippen LogP contribution in [0.25, 0.3) is 0 Å². The van der Waals surface area contributed by atoms with Crippen LogP contribution < -0.4 is 10.6 Å². The number of carbonyl (C=O) groups excluding carboxylic acids is 1. The van der Waals surface area contributed by atoms with Gasteiger partial charge < -0.3 is 15.4 Å². The van der Waals surface area contributed by atoms with Crippen LogP contribution in [0.4, 0.5) is 5.82 Å². The molecule has 1 unspecified atom stereocenters. The summed E-state index contributed by atoms with van der Waals surface area (Å²) in [5.41, 5.74) is 0.337. The third kappa shape index (κ3) is 4.45. The highest BCUT2D eigenvalue weighted by atomic mass is 16.5. The molecule has 0 bridgehead atoms. The highest BCUT2D eigenvalue weighted by molar-refractivity contribution is 5.92. The van der Waals surface area contributed by atoms with Crippen LogP contribution in [0.3, 0.4) is 0 Å². The van der Waals surface area contributed by atoms with Gasteiger partial charge in [0.25, 0.3) is 5.91 Å². The van der Waals surface area contributed by atoms with Crippen molar-refractivity contribution >= 4 is 11.7 Å². The van der Waals surface area contributed by atoms with Gasteiger partial charge in [-0.25, -0.2) is 0 Å². The molecule has 1 amide bonds. The van der Waals surface area contributed by atoms with Crippen LogP contribution in [-0.2, 0) is 4.74 Å². The number of hydrogen-bond acceptors (Lipinski definition) is 5. The molecule has 0 aromatic carbocycles. The van der Waals surface area contributed by atoms with Crippen molar-refractivity contribution in [3.05, 3.63) is 17.8 Å². The van der Waals surface area contributed by atoms with E-state index in [-0.39, 0.29) is 12.0 Å². The summed E-state index contributed by atoms with van der Waals surface area (Å²) in [6.07, 6.45) is 4.43. The van der Waals surface area contributed by atoms with E-state index in [1.54, 1.807) is 12.1 Å². The Bertz CT molecular complexity index is 416. The average Bonchev–Trinajstić information content (AvgIpc) is 2.99. The maximum Gasteiger partial charge on any atom is 0.271 e. The molecule has 1 fully saturated rings. The van der Waals surface area contributed by atoms with E-state index < -0.39 is 0 Å². The van der Waals surface area contributed by atoms with Gasteiger partial charge in [0.2, 0.25) is 0 Å². The van der Waals surface area contributed by atoms with E-state index >= 15 is 0 Å². The summed E-state index contributed by atoms with van der Waals surface area (Å²) in [5, 5.41) is 13.9. The molecule has 110 valence electrons. The quantitative estimate of drug-likeness (QED) is 0.741. The Kier molecular flexibility index (Phi) is 5.73. The first kappa shape index (κ1) is 14.7. The lowest BCUT2D eigenvalue weighted by atomic mass is 10.2. The van der Waals surface area contributed by atoms with Crippen molar-refractivity contribution in [3.8, 4) is 0 Å². The van der Waals surface area contributed by atoms with E-state index in [9.17, 15) is 4.79 Å². The number of amides is 1. The molecule has 1 aliphatic heterocycles. The van der Waals surface area contributed by atoms with Crippen LogP contribution in [0.5, 0.6) is 0 Å². The third-order valence-electron chi connectivity index (χ3n) is 3.25. The molecule has 0 saturated carbocycles.